The Labute approximate surface area is 218 Å². The van der Waals surface area contributed by atoms with Crippen LogP contribution in [0, 0.1) is 11.3 Å². The van der Waals surface area contributed by atoms with Crippen molar-refractivity contribution in [1.82, 2.24) is 15.5 Å². The van der Waals surface area contributed by atoms with Crippen LogP contribution in [-0.4, -0.2) is 51.6 Å². The average Bonchev–Trinajstić information content (AvgIpc) is 2.77. The normalized spacial score (nSPS) is 13.0. The van der Waals surface area contributed by atoms with E-state index in [0.29, 0.717) is 5.56 Å². The van der Waals surface area contributed by atoms with Gasteiger partial charge in [-0.1, -0.05) is 42.5 Å². The minimum Gasteiger partial charge on any atom is -0.508 e. The highest BCUT2D eigenvalue weighted by Gasteiger charge is 2.37. The van der Waals surface area contributed by atoms with Crippen LogP contribution in [0.4, 0.5) is 4.79 Å². The third kappa shape index (κ3) is 9.49. The number of hydrogen-bond acceptors (Lipinski definition) is 6. The molecule has 0 radical (unpaired) electrons. The van der Waals surface area contributed by atoms with Crippen LogP contribution in [0.15, 0.2) is 54.6 Å². The molecule has 198 valence electrons. The summed E-state index contributed by atoms with van der Waals surface area (Å²) in [6, 6.07) is 14.6. The standard InChI is InChI=1S/C28H36N4O5/c1-27(2,3)31-24(34)23(20-12-14-21(33)15-13-20)32(17-16-29)25(35)22(18-19-10-8-7-9-11-19)30-26(36)37-28(4,5)6/h7-15,22-23,33H,17-18H2,1-6H3,(H,30,36)(H,31,34). The molecule has 9 nitrogen and oxygen atoms in total. The van der Waals surface area contributed by atoms with Gasteiger partial charge in [-0.2, -0.15) is 5.26 Å². The highest BCUT2D eigenvalue weighted by Crippen LogP contribution is 2.25. The van der Waals surface area contributed by atoms with Crippen LogP contribution < -0.4 is 10.6 Å². The molecule has 2 aromatic carbocycles. The average molecular weight is 509 g/mol. The number of carbonyl (C=O) groups is 3. The van der Waals surface area contributed by atoms with Crippen molar-refractivity contribution in [2.24, 2.45) is 0 Å². The van der Waals surface area contributed by atoms with Gasteiger partial charge >= 0.3 is 6.09 Å². The van der Waals surface area contributed by atoms with Crippen LogP contribution >= 0.6 is 0 Å². The van der Waals surface area contributed by atoms with Crippen molar-refractivity contribution in [1.29, 1.82) is 5.26 Å². The lowest BCUT2D eigenvalue weighted by Crippen LogP contribution is -2.55. The number of aromatic hydroxyl groups is 1. The lowest BCUT2D eigenvalue weighted by Gasteiger charge is -2.34. The van der Waals surface area contributed by atoms with Crippen molar-refractivity contribution in [3.05, 3.63) is 65.7 Å². The molecule has 3 N–H and O–H groups in total. The minimum absolute atomic E-state index is 0.00886. The van der Waals surface area contributed by atoms with Gasteiger partial charge < -0.3 is 25.4 Å². The van der Waals surface area contributed by atoms with Crippen molar-refractivity contribution in [3.63, 3.8) is 0 Å². The van der Waals surface area contributed by atoms with E-state index in [9.17, 15) is 24.8 Å². The Morgan fingerprint density at radius 3 is 2.11 bits per heavy atom. The molecule has 3 amide bonds. The molecule has 2 unspecified atom stereocenters. The van der Waals surface area contributed by atoms with Crippen molar-refractivity contribution in [2.45, 2.75) is 71.2 Å². The summed E-state index contributed by atoms with van der Waals surface area (Å²) in [5.74, 6) is -1.14. The van der Waals surface area contributed by atoms with Gasteiger partial charge in [-0.15, -0.1) is 0 Å². The Hall–Kier alpha value is -4.06. The smallest absolute Gasteiger partial charge is 0.408 e. The number of nitrogens with one attached hydrogen (secondary N) is 2. The third-order valence-electron chi connectivity index (χ3n) is 5.06. The molecule has 0 spiro atoms. The highest BCUT2D eigenvalue weighted by atomic mass is 16.6. The number of rotatable bonds is 8. The van der Waals surface area contributed by atoms with Gasteiger partial charge in [0.25, 0.3) is 0 Å². The minimum atomic E-state index is -1.19. The predicted molar refractivity (Wildman–Crippen MR) is 139 cm³/mol. The Balaban J connectivity index is 2.53. The van der Waals surface area contributed by atoms with Crippen LogP contribution in [0.5, 0.6) is 5.75 Å². The largest absolute Gasteiger partial charge is 0.508 e. The van der Waals surface area contributed by atoms with E-state index in [4.69, 9.17) is 4.74 Å². The van der Waals surface area contributed by atoms with Crippen molar-refractivity contribution in [2.75, 3.05) is 6.54 Å². The fraction of sp³-hybridized carbons (Fsp3) is 0.429. The summed E-state index contributed by atoms with van der Waals surface area (Å²) in [5, 5.41) is 24.9. The van der Waals surface area contributed by atoms with Crippen LogP contribution in [-0.2, 0) is 20.7 Å². The predicted octanol–water partition coefficient (Wildman–Crippen LogP) is 3.84. The molecule has 2 rings (SSSR count). The van der Waals surface area contributed by atoms with Gasteiger partial charge in [0.05, 0.1) is 6.07 Å². The summed E-state index contributed by atoms with van der Waals surface area (Å²) in [7, 11) is 0. The van der Waals surface area contributed by atoms with E-state index in [1.54, 1.807) is 41.5 Å². The van der Waals surface area contributed by atoms with Crippen LogP contribution in [0.2, 0.25) is 0 Å². The number of phenols is 1. The zero-order chi connectivity index (χ0) is 27.8. The van der Waals surface area contributed by atoms with Gasteiger partial charge in [0.2, 0.25) is 11.8 Å². The monoisotopic (exact) mass is 508 g/mol. The van der Waals surface area contributed by atoms with E-state index in [-0.39, 0.29) is 12.2 Å². The lowest BCUT2D eigenvalue weighted by atomic mass is 9.99. The maximum atomic E-state index is 14.0. The Morgan fingerprint density at radius 1 is 1.00 bits per heavy atom. The first-order valence-electron chi connectivity index (χ1n) is 12.0. The van der Waals surface area contributed by atoms with Gasteiger partial charge in [0.1, 0.15) is 30.0 Å². The molecule has 0 bridgehead atoms. The Bertz CT molecular complexity index is 1110. The first-order chi connectivity index (χ1) is 17.2. The van der Waals surface area contributed by atoms with Gasteiger partial charge in [0.15, 0.2) is 0 Å². The van der Waals surface area contributed by atoms with E-state index >= 15 is 0 Å². The molecule has 2 aromatic rings. The third-order valence-corrected chi connectivity index (χ3v) is 5.06. The summed E-state index contributed by atoms with van der Waals surface area (Å²) in [4.78, 5) is 41.2. The molecule has 0 aromatic heterocycles. The van der Waals surface area contributed by atoms with E-state index in [1.165, 1.54) is 24.3 Å². The molecule has 0 aliphatic heterocycles. The molecule has 0 fully saturated rings. The molecule has 0 heterocycles. The number of phenolic OH excluding ortho intramolecular Hbond substituents is 1. The molecule has 0 aliphatic rings. The molecule has 2 atom stereocenters. The zero-order valence-corrected chi connectivity index (χ0v) is 22.2. The summed E-state index contributed by atoms with van der Waals surface area (Å²) in [6.45, 7) is 10.1. The van der Waals surface area contributed by atoms with Crippen LogP contribution in [0.25, 0.3) is 0 Å². The van der Waals surface area contributed by atoms with Gasteiger partial charge in [-0.25, -0.2) is 4.79 Å². The number of amides is 3. The van der Waals surface area contributed by atoms with E-state index in [0.717, 1.165) is 10.5 Å². The van der Waals surface area contributed by atoms with Crippen LogP contribution in [0.1, 0.15) is 58.7 Å². The van der Waals surface area contributed by atoms with Crippen molar-refractivity contribution < 1.29 is 24.2 Å². The fourth-order valence-electron chi connectivity index (χ4n) is 3.64. The number of ether oxygens (including phenoxy) is 1. The number of nitriles is 1. The summed E-state index contributed by atoms with van der Waals surface area (Å²) < 4.78 is 5.37. The van der Waals surface area contributed by atoms with E-state index < -0.39 is 47.7 Å². The molecule has 0 saturated heterocycles. The number of benzene rings is 2. The van der Waals surface area contributed by atoms with E-state index in [2.05, 4.69) is 10.6 Å². The summed E-state index contributed by atoms with van der Waals surface area (Å²) in [5.41, 5.74) is -0.239. The molecular formula is C28H36N4O5. The number of nitrogens with zero attached hydrogens (tertiary/aromatic N) is 2. The summed E-state index contributed by atoms with van der Waals surface area (Å²) >= 11 is 0. The maximum absolute atomic E-state index is 14.0. The Morgan fingerprint density at radius 2 is 1.59 bits per heavy atom. The second-order valence-corrected chi connectivity index (χ2v) is 10.7. The second-order valence-electron chi connectivity index (χ2n) is 10.7. The molecule has 9 heteroatoms. The number of carbonyl (C=O) groups excluding carboxylic acids is 3. The highest BCUT2D eigenvalue weighted by molar-refractivity contribution is 5.92. The lowest BCUT2D eigenvalue weighted by molar-refractivity contribution is -0.142. The molecule has 0 aliphatic carbocycles. The summed E-state index contributed by atoms with van der Waals surface area (Å²) in [6.07, 6.45) is -0.677. The zero-order valence-electron chi connectivity index (χ0n) is 22.2. The second kappa shape index (κ2) is 12.3. The van der Waals surface area contributed by atoms with Crippen molar-refractivity contribution in [3.8, 4) is 11.8 Å². The molecule has 0 saturated carbocycles. The first kappa shape index (κ1) is 29.2. The van der Waals surface area contributed by atoms with Gasteiger partial charge in [0, 0.05) is 12.0 Å². The SMILES string of the molecule is CC(C)(C)NC(=O)C(c1ccc(O)cc1)N(CC#N)C(=O)C(Cc1ccccc1)NC(=O)OC(C)(C)C. The van der Waals surface area contributed by atoms with Crippen molar-refractivity contribution >= 4 is 17.9 Å². The Kier molecular flexibility index (Phi) is 9.67. The number of alkyl carbamates (subject to hydrolysis) is 1. The topological polar surface area (TPSA) is 132 Å². The number of hydrogen-bond donors (Lipinski definition) is 3. The molecular weight excluding hydrogens is 472 g/mol. The first-order valence-corrected chi connectivity index (χ1v) is 12.0. The van der Waals surface area contributed by atoms with Gasteiger partial charge in [-0.3, -0.25) is 9.59 Å². The van der Waals surface area contributed by atoms with Gasteiger partial charge in [-0.05, 0) is 64.8 Å². The fourth-order valence-corrected chi connectivity index (χ4v) is 3.64. The van der Waals surface area contributed by atoms with Crippen LogP contribution in [0.3, 0.4) is 0 Å². The quantitative estimate of drug-likeness (QED) is 0.464. The van der Waals surface area contributed by atoms with E-state index in [1.807, 2.05) is 36.4 Å². The maximum Gasteiger partial charge on any atom is 0.408 e. The molecule has 37 heavy (non-hydrogen) atoms.